The zero-order valence-electron chi connectivity index (χ0n) is 15.9. The number of nitrogens with one attached hydrogen (secondary N) is 1. The van der Waals surface area contributed by atoms with Gasteiger partial charge in [-0.05, 0) is 48.9 Å². The largest absolute Gasteiger partial charge is 0.459 e. The fourth-order valence-electron chi connectivity index (χ4n) is 2.80. The van der Waals surface area contributed by atoms with Crippen molar-refractivity contribution in [1.82, 2.24) is 4.90 Å². The van der Waals surface area contributed by atoms with Crippen molar-refractivity contribution in [3.05, 3.63) is 93.9 Å². The molecule has 0 unspecified atom stereocenters. The van der Waals surface area contributed by atoms with Gasteiger partial charge in [-0.2, -0.15) is 0 Å². The van der Waals surface area contributed by atoms with E-state index in [2.05, 4.69) is 5.32 Å². The predicted octanol–water partition coefficient (Wildman–Crippen LogP) is 4.27. The van der Waals surface area contributed by atoms with Gasteiger partial charge in [0, 0.05) is 30.4 Å². The Kier molecular flexibility index (Phi) is 5.73. The van der Waals surface area contributed by atoms with E-state index in [-0.39, 0.29) is 29.3 Å². The van der Waals surface area contributed by atoms with E-state index in [4.69, 9.17) is 4.42 Å². The van der Waals surface area contributed by atoms with Crippen LogP contribution in [0.15, 0.2) is 71.3 Å². The zero-order chi connectivity index (χ0) is 21.0. The van der Waals surface area contributed by atoms with Crippen molar-refractivity contribution < 1.29 is 18.9 Å². The molecule has 1 heterocycles. The third-order valence-electron chi connectivity index (χ3n) is 4.60. The summed E-state index contributed by atoms with van der Waals surface area (Å²) >= 11 is 0. The van der Waals surface area contributed by atoms with E-state index in [1.165, 1.54) is 23.3 Å². The quantitative estimate of drug-likeness (QED) is 0.497. The number of furan rings is 1. The van der Waals surface area contributed by atoms with Gasteiger partial charge in [-0.3, -0.25) is 19.7 Å². The van der Waals surface area contributed by atoms with Crippen LogP contribution in [-0.2, 0) is 0 Å². The molecule has 0 aliphatic rings. The molecule has 148 valence electrons. The highest BCUT2D eigenvalue weighted by Crippen LogP contribution is 2.24. The second kappa shape index (κ2) is 8.39. The fourth-order valence-corrected chi connectivity index (χ4v) is 2.80. The van der Waals surface area contributed by atoms with Crippen LogP contribution in [0, 0.1) is 10.1 Å². The van der Waals surface area contributed by atoms with Gasteiger partial charge in [0.15, 0.2) is 5.76 Å². The zero-order valence-corrected chi connectivity index (χ0v) is 15.9. The predicted molar refractivity (Wildman–Crippen MR) is 107 cm³/mol. The molecule has 0 aliphatic carbocycles. The Hall–Kier alpha value is -3.94. The molecule has 29 heavy (non-hydrogen) atoms. The average Bonchev–Trinajstić information content (AvgIpc) is 3.28. The molecule has 1 atom stereocenters. The van der Waals surface area contributed by atoms with E-state index in [0.29, 0.717) is 16.8 Å². The first-order chi connectivity index (χ1) is 13.9. The second-order valence-corrected chi connectivity index (χ2v) is 6.45. The Morgan fingerprint density at radius 2 is 1.83 bits per heavy atom. The number of rotatable bonds is 6. The molecule has 0 bridgehead atoms. The molecule has 8 heteroatoms. The molecule has 0 radical (unpaired) electrons. The van der Waals surface area contributed by atoms with Crippen LogP contribution in [0.3, 0.4) is 0 Å². The monoisotopic (exact) mass is 393 g/mol. The van der Waals surface area contributed by atoms with Crippen LogP contribution in [0.4, 0.5) is 11.4 Å². The molecule has 2 aromatic carbocycles. The highest BCUT2D eigenvalue weighted by molar-refractivity contribution is 6.02. The third kappa shape index (κ3) is 4.49. The standard InChI is InChI=1S/C21H19N3O5/c1-14(16-5-3-6-18(13-16)24(27)28)23(2)21(26)15-8-10-17(11-9-15)22-20(25)19-7-4-12-29-19/h3-14H,1-2H3,(H,22,25)/t14-/m0/s1. The van der Waals surface area contributed by atoms with E-state index in [1.54, 1.807) is 62.5 Å². The van der Waals surface area contributed by atoms with Gasteiger partial charge >= 0.3 is 0 Å². The third-order valence-corrected chi connectivity index (χ3v) is 4.60. The van der Waals surface area contributed by atoms with Crippen molar-refractivity contribution in [2.45, 2.75) is 13.0 Å². The lowest BCUT2D eigenvalue weighted by atomic mass is 10.1. The van der Waals surface area contributed by atoms with Gasteiger partial charge in [-0.25, -0.2) is 0 Å². The second-order valence-electron chi connectivity index (χ2n) is 6.45. The molecule has 3 aromatic rings. The van der Waals surface area contributed by atoms with Gasteiger partial charge in [0.1, 0.15) is 0 Å². The molecule has 1 aromatic heterocycles. The van der Waals surface area contributed by atoms with Crippen molar-refractivity contribution in [1.29, 1.82) is 0 Å². The molecule has 0 aliphatic heterocycles. The number of carbonyl (C=O) groups excluding carboxylic acids is 2. The molecule has 0 saturated heterocycles. The van der Waals surface area contributed by atoms with Gasteiger partial charge in [-0.1, -0.05) is 12.1 Å². The molecule has 8 nitrogen and oxygen atoms in total. The van der Waals surface area contributed by atoms with Crippen LogP contribution in [-0.4, -0.2) is 28.7 Å². The summed E-state index contributed by atoms with van der Waals surface area (Å²) in [5, 5.41) is 13.7. The Morgan fingerprint density at radius 3 is 2.45 bits per heavy atom. The van der Waals surface area contributed by atoms with Gasteiger partial charge in [0.25, 0.3) is 17.5 Å². The summed E-state index contributed by atoms with van der Waals surface area (Å²) in [6.07, 6.45) is 1.41. The van der Waals surface area contributed by atoms with Crippen LogP contribution in [0.5, 0.6) is 0 Å². The summed E-state index contributed by atoms with van der Waals surface area (Å²) in [5.74, 6) is -0.436. The van der Waals surface area contributed by atoms with E-state index < -0.39 is 4.92 Å². The molecule has 0 fully saturated rings. The molecular formula is C21H19N3O5. The highest BCUT2D eigenvalue weighted by atomic mass is 16.6. The Morgan fingerprint density at radius 1 is 1.10 bits per heavy atom. The van der Waals surface area contributed by atoms with Crippen LogP contribution in [0.1, 0.15) is 39.4 Å². The Bertz CT molecular complexity index is 1030. The highest BCUT2D eigenvalue weighted by Gasteiger charge is 2.20. The van der Waals surface area contributed by atoms with Gasteiger partial charge in [-0.15, -0.1) is 0 Å². The van der Waals surface area contributed by atoms with Gasteiger partial charge < -0.3 is 14.6 Å². The van der Waals surface area contributed by atoms with Gasteiger partial charge in [0.05, 0.1) is 17.2 Å². The van der Waals surface area contributed by atoms with Crippen LogP contribution < -0.4 is 5.32 Å². The summed E-state index contributed by atoms with van der Waals surface area (Å²) in [6, 6.07) is 15.5. The summed E-state index contributed by atoms with van der Waals surface area (Å²) in [6.45, 7) is 1.80. The first-order valence-corrected chi connectivity index (χ1v) is 8.83. The fraction of sp³-hybridized carbons (Fsp3) is 0.143. The lowest BCUT2D eigenvalue weighted by molar-refractivity contribution is -0.384. The number of hydrogen-bond donors (Lipinski definition) is 1. The van der Waals surface area contributed by atoms with Crippen LogP contribution in [0.25, 0.3) is 0 Å². The number of nitrogens with zero attached hydrogens (tertiary/aromatic N) is 2. The Balaban J connectivity index is 1.70. The summed E-state index contributed by atoms with van der Waals surface area (Å²) in [4.78, 5) is 36.8. The number of amides is 2. The first-order valence-electron chi connectivity index (χ1n) is 8.83. The minimum atomic E-state index is -0.465. The summed E-state index contributed by atoms with van der Waals surface area (Å²) in [7, 11) is 1.64. The van der Waals surface area contributed by atoms with E-state index >= 15 is 0 Å². The number of benzene rings is 2. The maximum absolute atomic E-state index is 12.8. The van der Waals surface area contributed by atoms with Crippen molar-refractivity contribution in [2.75, 3.05) is 12.4 Å². The topological polar surface area (TPSA) is 106 Å². The number of non-ortho nitro benzene ring substituents is 1. The number of nitro groups is 1. The SMILES string of the molecule is C[C@@H](c1cccc([N+](=O)[O-])c1)N(C)C(=O)c1ccc(NC(=O)c2ccco2)cc1. The molecule has 3 rings (SSSR count). The van der Waals surface area contributed by atoms with Crippen molar-refractivity contribution >= 4 is 23.2 Å². The molecule has 2 amide bonds. The number of anilines is 1. The summed E-state index contributed by atoms with van der Waals surface area (Å²) in [5.41, 5.74) is 1.60. The Labute approximate surface area is 166 Å². The van der Waals surface area contributed by atoms with E-state index in [1.807, 2.05) is 0 Å². The number of hydrogen-bond acceptors (Lipinski definition) is 5. The van der Waals surface area contributed by atoms with Crippen molar-refractivity contribution in [2.24, 2.45) is 0 Å². The minimum absolute atomic E-state index is 0.0214. The molecule has 1 N–H and O–H groups in total. The average molecular weight is 393 g/mol. The minimum Gasteiger partial charge on any atom is -0.459 e. The normalized spacial score (nSPS) is 11.5. The smallest absolute Gasteiger partial charge is 0.291 e. The molecule has 0 saturated carbocycles. The van der Waals surface area contributed by atoms with E-state index in [9.17, 15) is 19.7 Å². The summed E-state index contributed by atoms with van der Waals surface area (Å²) < 4.78 is 5.04. The number of nitro benzene ring substituents is 1. The van der Waals surface area contributed by atoms with Crippen LogP contribution >= 0.6 is 0 Å². The molecular weight excluding hydrogens is 374 g/mol. The maximum Gasteiger partial charge on any atom is 0.291 e. The van der Waals surface area contributed by atoms with Crippen molar-refractivity contribution in [3.8, 4) is 0 Å². The maximum atomic E-state index is 12.8. The lowest BCUT2D eigenvalue weighted by Gasteiger charge is -2.25. The van der Waals surface area contributed by atoms with E-state index in [0.717, 1.165) is 0 Å². The van der Waals surface area contributed by atoms with Crippen LogP contribution in [0.2, 0.25) is 0 Å². The molecule has 0 spiro atoms. The van der Waals surface area contributed by atoms with Gasteiger partial charge in [0.2, 0.25) is 0 Å². The number of carbonyl (C=O) groups is 2. The first kappa shape index (κ1) is 19.8. The lowest BCUT2D eigenvalue weighted by Crippen LogP contribution is -2.29. The van der Waals surface area contributed by atoms with Crippen molar-refractivity contribution in [3.63, 3.8) is 0 Å².